The van der Waals surface area contributed by atoms with Crippen LogP contribution in [0.4, 0.5) is 5.95 Å². The van der Waals surface area contributed by atoms with E-state index in [1.54, 1.807) is 6.07 Å². The number of rotatable bonds is 2. The minimum atomic E-state index is -0.213. The van der Waals surface area contributed by atoms with Gasteiger partial charge in [-0.3, -0.25) is 10.1 Å². The Morgan fingerprint density at radius 2 is 2.31 bits per heavy atom. The molecule has 6 heteroatoms. The molecule has 82 valence electrons. The van der Waals surface area contributed by atoms with Crippen LogP contribution in [0.3, 0.4) is 0 Å². The molecule has 0 aliphatic carbocycles. The highest BCUT2D eigenvalue weighted by atomic mass is 35.5. The minimum absolute atomic E-state index is 0.213. The second kappa shape index (κ2) is 4.59. The summed E-state index contributed by atoms with van der Waals surface area (Å²) in [5.74, 6) is 0.0000617. The van der Waals surface area contributed by atoms with Crippen LogP contribution in [0.25, 0.3) is 0 Å². The number of carbonyl (C=O) groups is 1. The maximum atomic E-state index is 11.8. The number of aryl methyl sites for hydroxylation is 1. The smallest absolute Gasteiger partial charge is 0.268 e. The Morgan fingerprint density at radius 1 is 1.50 bits per heavy atom. The van der Waals surface area contributed by atoms with Crippen molar-refractivity contribution in [1.82, 2.24) is 9.97 Å². The standard InChI is InChI=1S/C10H8ClN3OS/c1-6-3-5-16-8(6)9(15)14-10-12-4-2-7(11)13-10/h2-5H,1H3,(H,12,13,14,15). The van der Waals surface area contributed by atoms with Gasteiger partial charge in [0.2, 0.25) is 5.95 Å². The summed E-state index contributed by atoms with van der Waals surface area (Å²) in [7, 11) is 0. The quantitative estimate of drug-likeness (QED) is 0.838. The first-order valence-corrected chi connectivity index (χ1v) is 5.76. The van der Waals surface area contributed by atoms with Gasteiger partial charge in [-0.05, 0) is 30.0 Å². The topological polar surface area (TPSA) is 54.9 Å². The molecule has 0 aliphatic rings. The van der Waals surface area contributed by atoms with Crippen molar-refractivity contribution in [3.05, 3.63) is 39.3 Å². The van der Waals surface area contributed by atoms with Crippen LogP contribution < -0.4 is 5.32 Å². The number of nitrogens with zero attached hydrogens (tertiary/aromatic N) is 2. The van der Waals surface area contributed by atoms with E-state index in [9.17, 15) is 4.79 Å². The lowest BCUT2D eigenvalue weighted by atomic mass is 10.3. The molecule has 2 heterocycles. The van der Waals surface area contributed by atoms with E-state index in [1.165, 1.54) is 17.5 Å². The molecule has 2 aromatic rings. The van der Waals surface area contributed by atoms with E-state index in [1.807, 2.05) is 18.4 Å². The number of anilines is 1. The number of thiophene rings is 1. The van der Waals surface area contributed by atoms with Gasteiger partial charge in [0, 0.05) is 6.20 Å². The number of hydrogen-bond acceptors (Lipinski definition) is 4. The van der Waals surface area contributed by atoms with Gasteiger partial charge < -0.3 is 0 Å². The molecule has 16 heavy (non-hydrogen) atoms. The molecule has 2 aromatic heterocycles. The third-order valence-electron chi connectivity index (χ3n) is 1.92. The predicted molar refractivity (Wildman–Crippen MR) is 64.1 cm³/mol. The Labute approximate surface area is 101 Å². The van der Waals surface area contributed by atoms with Crippen molar-refractivity contribution >= 4 is 34.8 Å². The van der Waals surface area contributed by atoms with Crippen molar-refractivity contribution in [2.75, 3.05) is 5.32 Å². The largest absolute Gasteiger partial charge is 0.290 e. The summed E-state index contributed by atoms with van der Waals surface area (Å²) < 4.78 is 0. The average Bonchev–Trinajstić information content (AvgIpc) is 2.64. The van der Waals surface area contributed by atoms with E-state index in [2.05, 4.69) is 15.3 Å². The third kappa shape index (κ3) is 2.37. The molecule has 0 atom stereocenters. The zero-order valence-corrected chi connectivity index (χ0v) is 9.97. The lowest BCUT2D eigenvalue weighted by molar-refractivity contribution is 0.102. The van der Waals surface area contributed by atoms with E-state index in [0.717, 1.165) is 5.56 Å². The maximum Gasteiger partial charge on any atom is 0.268 e. The first-order chi connectivity index (χ1) is 7.66. The van der Waals surface area contributed by atoms with Crippen LogP contribution >= 0.6 is 22.9 Å². The van der Waals surface area contributed by atoms with Crippen molar-refractivity contribution in [3.8, 4) is 0 Å². The van der Waals surface area contributed by atoms with Crippen molar-refractivity contribution in [1.29, 1.82) is 0 Å². The van der Waals surface area contributed by atoms with Crippen LogP contribution in [0.1, 0.15) is 15.2 Å². The monoisotopic (exact) mass is 253 g/mol. The van der Waals surface area contributed by atoms with Gasteiger partial charge in [0.25, 0.3) is 5.91 Å². The van der Waals surface area contributed by atoms with Gasteiger partial charge >= 0.3 is 0 Å². The molecule has 0 unspecified atom stereocenters. The molecule has 0 aromatic carbocycles. The van der Waals surface area contributed by atoms with E-state index in [4.69, 9.17) is 11.6 Å². The minimum Gasteiger partial charge on any atom is -0.290 e. The molecule has 0 aliphatic heterocycles. The highest BCUT2D eigenvalue weighted by molar-refractivity contribution is 7.12. The number of hydrogen-bond donors (Lipinski definition) is 1. The first-order valence-electron chi connectivity index (χ1n) is 4.51. The highest BCUT2D eigenvalue weighted by Crippen LogP contribution is 2.16. The first kappa shape index (κ1) is 11.0. The summed E-state index contributed by atoms with van der Waals surface area (Å²) in [6, 6.07) is 3.44. The van der Waals surface area contributed by atoms with Crippen molar-refractivity contribution in [2.45, 2.75) is 6.92 Å². The normalized spacial score (nSPS) is 10.1. The summed E-state index contributed by atoms with van der Waals surface area (Å²) in [6.07, 6.45) is 1.49. The highest BCUT2D eigenvalue weighted by Gasteiger charge is 2.11. The Hall–Kier alpha value is -1.46. The summed E-state index contributed by atoms with van der Waals surface area (Å²) in [6.45, 7) is 1.88. The Balaban J connectivity index is 2.17. The van der Waals surface area contributed by atoms with Gasteiger partial charge in [-0.2, -0.15) is 0 Å². The zero-order valence-electron chi connectivity index (χ0n) is 8.40. The fourth-order valence-electron chi connectivity index (χ4n) is 1.16. The summed E-state index contributed by atoms with van der Waals surface area (Å²) in [4.78, 5) is 20.2. The van der Waals surface area contributed by atoms with Crippen molar-refractivity contribution in [3.63, 3.8) is 0 Å². The fourth-order valence-corrected chi connectivity index (χ4v) is 2.12. The second-order valence-electron chi connectivity index (χ2n) is 3.09. The van der Waals surface area contributed by atoms with Crippen LogP contribution in [0.2, 0.25) is 5.15 Å². The molecule has 0 bridgehead atoms. The predicted octanol–water partition coefficient (Wildman–Crippen LogP) is 2.75. The molecule has 4 nitrogen and oxygen atoms in total. The van der Waals surface area contributed by atoms with Gasteiger partial charge in [0.1, 0.15) is 5.15 Å². The molecule has 0 spiro atoms. The maximum absolute atomic E-state index is 11.8. The lowest BCUT2D eigenvalue weighted by Gasteiger charge is -2.02. The molecular weight excluding hydrogens is 246 g/mol. The average molecular weight is 254 g/mol. The number of amides is 1. The fraction of sp³-hybridized carbons (Fsp3) is 0.100. The zero-order chi connectivity index (χ0) is 11.5. The summed E-state index contributed by atoms with van der Waals surface area (Å²) >= 11 is 7.07. The van der Waals surface area contributed by atoms with Gasteiger partial charge in [-0.15, -0.1) is 11.3 Å². The van der Waals surface area contributed by atoms with Gasteiger partial charge in [-0.1, -0.05) is 11.6 Å². The number of aromatic nitrogens is 2. The van der Waals surface area contributed by atoms with Gasteiger partial charge in [0.05, 0.1) is 4.88 Å². The second-order valence-corrected chi connectivity index (χ2v) is 4.39. The SMILES string of the molecule is Cc1ccsc1C(=O)Nc1nccc(Cl)n1. The molecule has 1 amide bonds. The number of carbonyl (C=O) groups excluding carboxylic acids is 1. The van der Waals surface area contributed by atoms with Crippen LogP contribution in [-0.4, -0.2) is 15.9 Å². The van der Waals surface area contributed by atoms with E-state index in [0.29, 0.717) is 10.0 Å². The van der Waals surface area contributed by atoms with Gasteiger partial charge in [-0.25, -0.2) is 9.97 Å². The van der Waals surface area contributed by atoms with Crippen LogP contribution in [0.15, 0.2) is 23.7 Å². The van der Waals surface area contributed by atoms with Crippen LogP contribution in [-0.2, 0) is 0 Å². The van der Waals surface area contributed by atoms with Crippen molar-refractivity contribution in [2.24, 2.45) is 0 Å². The van der Waals surface area contributed by atoms with E-state index in [-0.39, 0.29) is 11.9 Å². The summed E-state index contributed by atoms with van der Waals surface area (Å²) in [5.41, 5.74) is 0.935. The molecule has 1 N–H and O–H groups in total. The Bertz CT molecular complexity index is 526. The van der Waals surface area contributed by atoms with Crippen LogP contribution in [0.5, 0.6) is 0 Å². The van der Waals surface area contributed by atoms with Crippen LogP contribution in [0, 0.1) is 6.92 Å². The Kier molecular flexibility index (Phi) is 3.17. The van der Waals surface area contributed by atoms with E-state index < -0.39 is 0 Å². The molecule has 0 saturated carbocycles. The van der Waals surface area contributed by atoms with Crippen molar-refractivity contribution < 1.29 is 4.79 Å². The Morgan fingerprint density at radius 3 is 2.94 bits per heavy atom. The summed E-state index contributed by atoms with van der Waals surface area (Å²) in [5, 5.41) is 4.75. The van der Waals surface area contributed by atoms with E-state index >= 15 is 0 Å². The molecule has 0 radical (unpaired) electrons. The third-order valence-corrected chi connectivity index (χ3v) is 3.14. The molecule has 0 fully saturated rings. The molecular formula is C10H8ClN3OS. The molecule has 2 rings (SSSR count). The molecule has 0 saturated heterocycles. The van der Waals surface area contributed by atoms with Gasteiger partial charge in [0.15, 0.2) is 0 Å². The number of halogens is 1. The number of nitrogens with one attached hydrogen (secondary N) is 1. The lowest BCUT2D eigenvalue weighted by Crippen LogP contribution is -2.13.